The molecule has 1 N–H and O–H groups in total. The number of amides is 3. The number of anilines is 1. The fraction of sp³-hybridized carbons (Fsp3) is 0.125. The van der Waals surface area contributed by atoms with Crippen molar-refractivity contribution in [1.82, 2.24) is 9.47 Å². The standard InChI is InChI=1S/C24H20ClN3O3S/c1-15-5-8-18(12-16(15)2)26-22(29)14-28-23(30)21(32-24(28)31)13-20-4-3-11-27(20)19-9-6-17(25)7-10-19/h3-13H,14H2,1-2H3,(H,26,29). The third-order valence-corrected chi connectivity index (χ3v) is 6.29. The van der Waals surface area contributed by atoms with Crippen LogP contribution in [0.15, 0.2) is 65.7 Å². The van der Waals surface area contributed by atoms with Crippen molar-refractivity contribution in [2.24, 2.45) is 0 Å². The molecule has 1 fully saturated rings. The molecule has 0 unspecified atom stereocenters. The molecule has 1 saturated heterocycles. The molecule has 2 heterocycles. The lowest BCUT2D eigenvalue weighted by Gasteiger charge is -2.13. The van der Waals surface area contributed by atoms with Gasteiger partial charge in [0.2, 0.25) is 5.91 Å². The quantitative estimate of drug-likeness (QED) is 0.510. The number of aryl methyl sites for hydroxylation is 2. The number of imide groups is 1. The van der Waals surface area contributed by atoms with Crippen molar-refractivity contribution in [3.05, 3.63) is 87.5 Å². The number of aromatic nitrogens is 1. The van der Waals surface area contributed by atoms with Crippen molar-refractivity contribution >= 4 is 52.2 Å². The Balaban J connectivity index is 1.49. The van der Waals surface area contributed by atoms with Crippen LogP contribution in [0.4, 0.5) is 10.5 Å². The summed E-state index contributed by atoms with van der Waals surface area (Å²) >= 11 is 6.79. The fourth-order valence-corrected chi connectivity index (χ4v) is 4.23. The number of carbonyl (C=O) groups is 3. The fourth-order valence-electron chi connectivity index (χ4n) is 3.28. The Morgan fingerprint density at radius 2 is 1.81 bits per heavy atom. The maximum Gasteiger partial charge on any atom is 0.294 e. The highest BCUT2D eigenvalue weighted by Gasteiger charge is 2.36. The lowest BCUT2D eigenvalue weighted by molar-refractivity contribution is -0.127. The second-order valence-electron chi connectivity index (χ2n) is 7.39. The minimum atomic E-state index is -0.487. The summed E-state index contributed by atoms with van der Waals surface area (Å²) in [5.41, 5.74) is 4.39. The van der Waals surface area contributed by atoms with Crippen LogP contribution in [0.5, 0.6) is 0 Å². The maximum atomic E-state index is 12.8. The van der Waals surface area contributed by atoms with Gasteiger partial charge >= 0.3 is 0 Å². The van der Waals surface area contributed by atoms with Crippen molar-refractivity contribution in [1.29, 1.82) is 0 Å². The van der Waals surface area contributed by atoms with E-state index in [1.165, 1.54) is 0 Å². The van der Waals surface area contributed by atoms with Crippen LogP contribution in [0.3, 0.4) is 0 Å². The molecule has 1 aliphatic heterocycles. The number of benzene rings is 2. The van der Waals surface area contributed by atoms with E-state index in [0.717, 1.165) is 39.2 Å². The molecule has 0 bridgehead atoms. The number of carbonyl (C=O) groups excluding carboxylic acids is 3. The molecule has 1 aromatic heterocycles. The van der Waals surface area contributed by atoms with Gasteiger partial charge in [0.1, 0.15) is 6.54 Å². The average Bonchev–Trinajstić information content (AvgIpc) is 3.31. The van der Waals surface area contributed by atoms with Crippen LogP contribution in [-0.2, 0) is 9.59 Å². The first kappa shape index (κ1) is 21.9. The number of rotatable bonds is 5. The predicted molar refractivity (Wildman–Crippen MR) is 128 cm³/mol. The maximum absolute atomic E-state index is 12.8. The Labute approximate surface area is 194 Å². The molecular weight excluding hydrogens is 446 g/mol. The molecule has 4 rings (SSSR count). The Kier molecular flexibility index (Phi) is 6.21. The highest BCUT2D eigenvalue weighted by molar-refractivity contribution is 8.18. The van der Waals surface area contributed by atoms with Gasteiger partial charge in [-0.05, 0) is 91.3 Å². The van der Waals surface area contributed by atoms with E-state index in [0.29, 0.717) is 10.7 Å². The van der Waals surface area contributed by atoms with E-state index >= 15 is 0 Å². The van der Waals surface area contributed by atoms with Gasteiger partial charge in [-0.25, -0.2) is 0 Å². The van der Waals surface area contributed by atoms with Gasteiger partial charge in [0.15, 0.2) is 0 Å². The highest BCUT2D eigenvalue weighted by atomic mass is 35.5. The van der Waals surface area contributed by atoms with E-state index in [1.54, 1.807) is 24.3 Å². The van der Waals surface area contributed by atoms with Gasteiger partial charge in [-0.15, -0.1) is 0 Å². The van der Waals surface area contributed by atoms with E-state index in [9.17, 15) is 14.4 Å². The first-order valence-corrected chi connectivity index (χ1v) is 11.1. The van der Waals surface area contributed by atoms with Crippen molar-refractivity contribution < 1.29 is 14.4 Å². The molecule has 0 radical (unpaired) electrons. The van der Waals surface area contributed by atoms with Crippen LogP contribution in [0.25, 0.3) is 11.8 Å². The lowest BCUT2D eigenvalue weighted by atomic mass is 10.1. The van der Waals surface area contributed by atoms with Crippen molar-refractivity contribution in [3.63, 3.8) is 0 Å². The van der Waals surface area contributed by atoms with Crippen LogP contribution >= 0.6 is 23.4 Å². The van der Waals surface area contributed by atoms with E-state index < -0.39 is 17.1 Å². The van der Waals surface area contributed by atoms with Crippen LogP contribution < -0.4 is 5.32 Å². The van der Waals surface area contributed by atoms with Gasteiger partial charge < -0.3 is 9.88 Å². The summed E-state index contributed by atoms with van der Waals surface area (Å²) in [6.45, 7) is 3.59. The minimum Gasteiger partial charge on any atom is -0.325 e. The molecule has 6 nitrogen and oxygen atoms in total. The molecule has 162 valence electrons. The van der Waals surface area contributed by atoms with E-state index in [2.05, 4.69) is 5.32 Å². The molecule has 0 atom stereocenters. The summed E-state index contributed by atoms with van der Waals surface area (Å²) in [4.78, 5) is 38.9. The first-order chi connectivity index (χ1) is 15.3. The molecule has 0 spiro atoms. The zero-order valence-corrected chi connectivity index (χ0v) is 19.0. The third kappa shape index (κ3) is 4.64. The van der Waals surface area contributed by atoms with Crippen LogP contribution in [0.2, 0.25) is 5.02 Å². The number of hydrogen-bond acceptors (Lipinski definition) is 4. The normalized spacial score (nSPS) is 15.0. The first-order valence-electron chi connectivity index (χ1n) is 9.87. The summed E-state index contributed by atoms with van der Waals surface area (Å²) in [6, 6.07) is 16.5. The Morgan fingerprint density at radius 3 is 2.53 bits per heavy atom. The smallest absolute Gasteiger partial charge is 0.294 e. The number of halogens is 1. The Bertz CT molecular complexity index is 1250. The van der Waals surface area contributed by atoms with Crippen LogP contribution in [0.1, 0.15) is 16.8 Å². The molecular formula is C24H20ClN3O3S. The number of thioether (sulfide) groups is 1. The van der Waals surface area contributed by atoms with Crippen LogP contribution in [0, 0.1) is 13.8 Å². The molecule has 2 aromatic carbocycles. The summed E-state index contributed by atoms with van der Waals surface area (Å²) in [5.74, 6) is -0.916. The summed E-state index contributed by atoms with van der Waals surface area (Å²) in [7, 11) is 0. The third-order valence-electron chi connectivity index (χ3n) is 5.13. The number of nitrogens with zero attached hydrogens (tertiary/aromatic N) is 2. The van der Waals surface area contributed by atoms with Crippen molar-refractivity contribution in [2.75, 3.05) is 11.9 Å². The molecule has 8 heteroatoms. The highest BCUT2D eigenvalue weighted by Crippen LogP contribution is 2.32. The summed E-state index contributed by atoms with van der Waals surface area (Å²) in [5, 5.41) is 2.90. The second kappa shape index (κ2) is 9.06. The number of nitrogens with one attached hydrogen (secondary N) is 1. The van der Waals surface area contributed by atoms with Gasteiger partial charge in [0.25, 0.3) is 11.1 Å². The van der Waals surface area contributed by atoms with Crippen LogP contribution in [-0.4, -0.2) is 33.1 Å². The minimum absolute atomic E-state index is 0.267. The molecule has 3 aromatic rings. The van der Waals surface area contributed by atoms with E-state index in [1.807, 2.05) is 61.0 Å². The summed E-state index contributed by atoms with van der Waals surface area (Å²) in [6.07, 6.45) is 3.51. The molecule has 1 aliphatic rings. The molecule has 0 saturated carbocycles. The monoisotopic (exact) mass is 465 g/mol. The topological polar surface area (TPSA) is 71.4 Å². The Hall–Kier alpha value is -3.29. The number of hydrogen-bond donors (Lipinski definition) is 1. The SMILES string of the molecule is Cc1ccc(NC(=O)CN2C(=O)SC(=Cc3cccn3-c3ccc(Cl)cc3)C2=O)cc1C. The van der Waals surface area contributed by atoms with E-state index in [4.69, 9.17) is 11.6 Å². The molecule has 32 heavy (non-hydrogen) atoms. The van der Waals surface area contributed by atoms with Crippen molar-refractivity contribution in [3.8, 4) is 5.69 Å². The Morgan fingerprint density at radius 1 is 1.06 bits per heavy atom. The summed E-state index contributed by atoms with van der Waals surface area (Å²) < 4.78 is 1.89. The molecule has 3 amide bonds. The van der Waals surface area contributed by atoms with E-state index in [-0.39, 0.29) is 11.4 Å². The second-order valence-corrected chi connectivity index (χ2v) is 8.82. The van der Waals surface area contributed by atoms with Gasteiger partial charge in [-0.3, -0.25) is 19.3 Å². The van der Waals surface area contributed by atoms with Crippen molar-refractivity contribution in [2.45, 2.75) is 13.8 Å². The van der Waals surface area contributed by atoms with Gasteiger partial charge in [-0.2, -0.15) is 0 Å². The van der Waals surface area contributed by atoms with Gasteiger partial charge in [0, 0.05) is 28.3 Å². The largest absolute Gasteiger partial charge is 0.325 e. The lowest BCUT2D eigenvalue weighted by Crippen LogP contribution is -2.36. The zero-order valence-electron chi connectivity index (χ0n) is 17.5. The van der Waals surface area contributed by atoms with Gasteiger partial charge in [0.05, 0.1) is 4.91 Å². The average molecular weight is 466 g/mol. The van der Waals surface area contributed by atoms with Gasteiger partial charge in [-0.1, -0.05) is 17.7 Å². The molecule has 0 aliphatic carbocycles. The predicted octanol–water partition coefficient (Wildman–Crippen LogP) is 5.42. The zero-order chi connectivity index (χ0) is 22.8.